The summed E-state index contributed by atoms with van der Waals surface area (Å²) < 4.78 is 4.56. The molecule has 2 aromatic rings. The Morgan fingerprint density at radius 3 is 2.95 bits per heavy atom. The fourth-order valence-electron chi connectivity index (χ4n) is 2.06. The molecule has 2 N–H and O–H groups in total. The third-order valence-corrected chi connectivity index (χ3v) is 3.28. The van der Waals surface area contributed by atoms with E-state index in [-0.39, 0.29) is 11.9 Å². The van der Waals surface area contributed by atoms with Crippen LogP contribution < -0.4 is 5.32 Å². The number of amides is 1. The monoisotopic (exact) mass is 289 g/mol. The molecule has 0 saturated heterocycles. The maximum atomic E-state index is 12.0. The Balaban J connectivity index is 1.70. The Kier molecular flexibility index (Phi) is 5.31. The molecule has 0 aliphatic rings. The molecule has 0 radical (unpaired) electrons. The Morgan fingerprint density at radius 2 is 2.14 bits per heavy atom. The van der Waals surface area contributed by atoms with Crippen molar-refractivity contribution in [2.24, 2.45) is 0 Å². The summed E-state index contributed by atoms with van der Waals surface area (Å²) in [5.74, 6) is -0.286. The van der Waals surface area contributed by atoms with E-state index in [4.69, 9.17) is 0 Å². The summed E-state index contributed by atoms with van der Waals surface area (Å²) in [5.41, 5.74) is 1.46. The van der Waals surface area contributed by atoms with E-state index in [1.165, 1.54) is 7.11 Å². The highest BCUT2D eigenvalue weighted by atomic mass is 16.5. The van der Waals surface area contributed by atoms with Crippen LogP contribution >= 0.6 is 0 Å². The standard InChI is InChI=1S/C15H19N3O3/c1-21-14(19)5-3-2-4-8-16-15(20)11-6-7-12-10-17-18-13(12)9-11/h6-7,9-10H,2-5,8H2,1H3,(H,16,20)(H,17,18). The summed E-state index contributed by atoms with van der Waals surface area (Å²) in [6, 6.07) is 5.43. The van der Waals surface area contributed by atoms with E-state index in [0.717, 1.165) is 30.2 Å². The van der Waals surface area contributed by atoms with Crippen molar-refractivity contribution in [2.75, 3.05) is 13.7 Å². The number of nitrogens with zero attached hydrogens (tertiary/aromatic N) is 1. The zero-order valence-corrected chi connectivity index (χ0v) is 12.0. The van der Waals surface area contributed by atoms with Crippen LogP contribution in [0.3, 0.4) is 0 Å². The lowest BCUT2D eigenvalue weighted by atomic mass is 10.1. The zero-order valence-electron chi connectivity index (χ0n) is 12.0. The molecule has 0 aliphatic heterocycles. The van der Waals surface area contributed by atoms with Gasteiger partial charge in [-0.15, -0.1) is 0 Å². The first kappa shape index (κ1) is 15.0. The number of ether oxygens (including phenoxy) is 1. The van der Waals surface area contributed by atoms with E-state index in [2.05, 4.69) is 20.3 Å². The summed E-state index contributed by atoms with van der Waals surface area (Å²) in [6.07, 6.45) is 4.66. The molecule has 0 spiro atoms. The lowest BCUT2D eigenvalue weighted by Gasteiger charge is -2.05. The van der Waals surface area contributed by atoms with Gasteiger partial charge in [0.1, 0.15) is 0 Å². The normalized spacial score (nSPS) is 10.5. The summed E-state index contributed by atoms with van der Waals surface area (Å²) in [5, 5.41) is 10.6. The predicted molar refractivity (Wildman–Crippen MR) is 78.9 cm³/mol. The lowest BCUT2D eigenvalue weighted by Crippen LogP contribution is -2.24. The van der Waals surface area contributed by atoms with Crippen LogP contribution in [0, 0.1) is 0 Å². The van der Waals surface area contributed by atoms with Gasteiger partial charge in [0.15, 0.2) is 0 Å². The second-order valence-electron chi connectivity index (χ2n) is 4.81. The molecule has 21 heavy (non-hydrogen) atoms. The second kappa shape index (κ2) is 7.42. The summed E-state index contributed by atoms with van der Waals surface area (Å²) in [7, 11) is 1.39. The van der Waals surface area contributed by atoms with Crippen LogP contribution in [0.4, 0.5) is 0 Å². The molecule has 1 aromatic carbocycles. The van der Waals surface area contributed by atoms with Crippen molar-refractivity contribution in [2.45, 2.75) is 25.7 Å². The average Bonchev–Trinajstić information content (AvgIpc) is 2.97. The first-order chi connectivity index (χ1) is 10.2. The fourth-order valence-corrected chi connectivity index (χ4v) is 2.06. The predicted octanol–water partition coefficient (Wildman–Crippen LogP) is 2.03. The van der Waals surface area contributed by atoms with E-state index < -0.39 is 0 Å². The van der Waals surface area contributed by atoms with Gasteiger partial charge in [0, 0.05) is 23.9 Å². The molecule has 6 nitrogen and oxygen atoms in total. The van der Waals surface area contributed by atoms with Gasteiger partial charge >= 0.3 is 5.97 Å². The highest BCUT2D eigenvalue weighted by molar-refractivity contribution is 5.97. The molecule has 0 atom stereocenters. The van der Waals surface area contributed by atoms with Gasteiger partial charge in [-0.25, -0.2) is 0 Å². The number of rotatable bonds is 7. The van der Waals surface area contributed by atoms with Gasteiger partial charge in [-0.05, 0) is 25.0 Å². The lowest BCUT2D eigenvalue weighted by molar-refractivity contribution is -0.140. The van der Waals surface area contributed by atoms with Crippen LogP contribution in [0.25, 0.3) is 10.9 Å². The van der Waals surface area contributed by atoms with Crippen molar-refractivity contribution in [3.63, 3.8) is 0 Å². The third-order valence-electron chi connectivity index (χ3n) is 3.28. The highest BCUT2D eigenvalue weighted by Crippen LogP contribution is 2.12. The first-order valence-electron chi connectivity index (χ1n) is 6.99. The maximum Gasteiger partial charge on any atom is 0.305 e. The van der Waals surface area contributed by atoms with Crippen LogP contribution in [-0.2, 0) is 9.53 Å². The van der Waals surface area contributed by atoms with Gasteiger partial charge in [0.05, 0.1) is 18.8 Å². The van der Waals surface area contributed by atoms with Gasteiger partial charge in [0.25, 0.3) is 5.91 Å². The van der Waals surface area contributed by atoms with Gasteiger partial charge in [-0.1, -0.05) is 12.5 Å². The number of methoxy groups -OCH3 is 1. The summed E-state index contributed by atoms with van der Waals surface area (Å²) in [4.78, 5) is 22.9. The number of benzene rings is 1. The first-order valence-corrected chi connectivity index (χ1v) is 6.99. The number of esters is 1. The number of hydrogen-bond acceptors (Lipinski definition) is 4. The van der Waals surface area contributed by atoms with Gasteiger partial charge in [-0.3, -0.25) is 14.7 Å². The summed E-state index contributed by atoms with van der Waals surface area (Å²) >= 11 is 0. The van der Waals surface area contributed by atoms with Crippen molar-refractivity contribution in [1.82, 2.24) is 15.5 Å². The van der Waals surface area contributed by atoms with Gasteiger partial charge in [-0.2, -0.15) is 5.10 Å². The maximum absolute atomic E-state index is 12.0. The Labute approximate surface area is 122 Å². The molecule has 112 valence electrons. The molecular weight excluding hydrogens is 270 g/mol. The molecule has 2 rings (SSSR count). The minimum absolute atomic E-state index is 0.0977. The quantitative estimate of drug-likeness (QED) is 0.603. The van der Waals surface area contributed by atoms with Crippen LogP contribution in [0.15, 0.2) is 24.4 Å². The minimum atomic E-state index is -0.188. The molecule has 1 aromatic heterocycles. The van der Waals surface area contributed by atoms with Crippen molar-refractivity contribution in [1.29, 1.82) is 0 Å². The zero-order chi connectivity index (χ0) is 15.1. The van der Waals surface area contributed by atoms with Crippen LogP contribution in [-0.4, -0.2) is 35.7 Å². The number of hydrogen-bond donors (Lipinski definition) is 2. The Bertz CT molecular complexity index is 621. The fraction of sp³-hybridized carbons (Fsp3) is 0.400. The molecule has 0 saturated carbocycles. The number of H-pyrrole nitrogens is 1. The molecule has 0 unspecified atom stereocenters. The number of aromatic nitrogens is 2. The van der Waals surface area contributed by atoms with Crippen molar-refractivity contribution >= 4 is 22.8 Å². The summed E-state index contributed by atoms with van der Waals surface area (Å²) in [6.45, 7) is 0.598. The molecule has 6 heteroatoms. The highest BCUT2D eigenvalue weighted by Gasteiger charge is 2.06. The number of aromatic amines is 1. The molecule has 0 aliphatic carbocycles. The van der Waals surface area contributed by atoms with Crippen LogP contribution in [0.2, 0.25) is 0 Å². The van der Waals surface area contributed by atoms with E-state index >= 15 is 0 Å². The SMILES string of the molecule is COC(=O)CCCCCNC(=O)c1ccc2cn[nH]c2c1. The molecule has 0 fully saturated rings. The number of nitrogens with one attached hydrogen (secondary N) is 2. The van der Waals surface area contributed by atoms with Crippen LogP contribution in [0.5, 0.6) is 0 Å². The smallest absolute Gasteiger partial charge is 0.305 e. The number of carbonyl (C=O) groups excluding carboxylic acids is 2. The topological polar surface area (TPSA) is 84.1 Å². The molecule has 1 amide bonds. The van der Waals surface area contributed by atoms with E-state index in [1.54, 1.807) is 18.3 Å². The van der Waals surface area contributed by atoms with E-state index in [0.29, 0.717) is 18.5 Å². The third kappa shape index (κ3) is 4.30. The number of unbranched alkanes of at least 4 members (excludes halogenated alkanes) is 2. The van der Waals surface area contributed by atoms with Crippen LogP contribution in [0.1, 0.15) is 36.0 Å². The van der Waals surface area contributed by atoms with Crippen molar-refractivity contribution < 1.29 is 14.3 Å². The molecule has 1 heterocycles. The van der Waals surface area contributed by atoms with Gasteiger partial charge < -0.3 is 10.1 Å². The van der Waals surface area contributed by atoms with Gasteiger partial charge in [0.2, 0.25) is 0 Å². The second-order valence-corrected chi connectivity index (χ2v) is 4.81. The Hall–Kier alpha value is -2.37. The molecule has 0 bridgehead atoms. The average molecular weight is 289 g/mol. The van der Waals surface area contributed by atoms with E-state index in [9.17, 15) is 9.59 Å². The number of fused-ring (bicyclic) bond motifs is 1. The minimum Gasteiger partial charge on any atom is -0.469 e. The van der Waals surface area contributed by atoms with Crippen molar-refractivity contribution in [3.8, 4) is 0 Å². The molecular formula is C15H19N3O3. The van der Waals surface area contributed by atoms with Crippen molar-refractivity contribution in [3.05, 3.63) is 30.0 Å². The Morgan fingerprint density at radius 1 is 1.29 bits per heavy atom. The number of carbonyl (C=O) groups is 2. The largest absolute Gasteiger partial charge is 0.469 e. The van der Waals surface area contributed by atoms with E-state index in [1.807, 2.05) is 6.07 Å².